The van der Waals surface area contributed by atoms with E-state index in [-0.39, 0.29) is 5.91 Å². The first-order chi connectivity index (χ1) is 12.7. The molecule has 4 heterocycles. The van der Waals surface area contributed by atoms with Crippen molar-refractivity contribution < 1.29 is 4.79 Å². The summed E-state index contributed by atoms with van der Waals surface area (Å²) in [6, 6.07) is 3.99. The topological polar surface area (TPSA) is 55.5 Å². The van der Waals surface area contributed by atoms with Gasteiger partial charge in [0.2, 0.25) is 5.91 Å². The first-order valence-corrected chi connectivity index (χ1v) is 9.51. The molecule has 0 aromatic carbocycles. The molecule has 0 spiro atoms. The predicted octanol–water partition coefficient (Wildman–Crippen LogP) is 1.82. The zero-order valence-corrected chi connectivity index (χ0v) is 15.4. The summed E-state index contributed by atoms with van der Waals surface area (Å²) in [5, 5.41) is 0. The number of carbonyl (C=O) groups excluding carboxylic acids is 1. The van der Waals surface area contributed by atoms with Gasteiger partial charge in [-0.3, -0.25) is 9.78 Å². The fraction of sp³-hybridized carbons (Fsp3) is 0.500. The molecule has 2 aromatic heterocycles. The Morgan fingerprint density at radius 1 is 1.23 bits per heavy atom. The average molecular weight is 353 g/mol. The van der Waals surface area contributed by atoms with Crippen molar-refractivity contribution in [2.24, 2.45) is 0 Å². The Hall–Kier alpha value is -2.18. The van der Waals surface area contributed by atoms with Gasteiger partial charge in [-0.1, -0.05) is 6.08 Å². The van der Waals surface area contributed by atoms with Gasteiger partial charge in [0, 0.05) is 70.2 Å². The van der Waals surface area contributed by atoms with Gasteiger partial charge in [-0.15, -0.1) is 0 Å². The summed E-state index contributed by atoms with van der Waals surface area (Å²) >= 11 is 0. The Kier molecular flexibility index (Phi) is 5.04. The molecule has 1 saturated heterocycles. The third-order valence-electron chi connectivity index (χ3n) is 5.58. The lowest BCUT2D eigenvalue weighted by Crippen LogP contribution is -2.46. The van der Waals surface area contributed by atoms with Gasteiger partial charge in [0.25, 0.3) is 0 Å². The fourth-order valence-electron chi connectivity index (χ4n) is 3.82. The second kappa shape index (κ2) is 7.60. The van der Waals surface area contributed by atoms with Crippen LogP contribution in [0.5, 0.6) is 0 Å². The Balaban J connectivity index is 1.33. The zero-order chi connectivity index (χ0) is 17.9. The van der Waals surface area contributed by atoms with Crippen molar-refractivity contribution in [3.8, 4) is 0 Å². The predicted molar refractivity (Wildman–Crippen MR) is 104 cm³/mol. The summed E-state index contributed by atoms with van der Waals surface area (Å²) < 4.78 is 0. The van der Waals surface area contributed by atoms with Crippen LogP contribution in [0.15, 0.2) is 30.6 Å². The molecule has 1 amide bonds. The van der Waals surface area contributed by atoms with Gasteiger partial charge < -0.3 is 19.7 Å². The standard InChI is InChI=1S/C20H27N5O/c1-23-11-13-24(14-12-23)8-6-19(26)25-9-4-16(5-10-25)17-15-22-18-3-2-7-21-20(17)18/h2-4,7,15,22H,5-6,8-14H2,1H3. The highest BCUT2D eigenvalue weighted by molar-refractivity contribution is 5.90. The van der Waals surface area contributed by atoms with Gasteiger partial charge >= 0.3 is 0 Å². The Morgan fingerprint density at radius 3 is 2.85 bits per heavy atom. The van der Waals surface area contributed by atoms with Gasteiger partial charge in [0.15, 0.2) is 0 Å². The summed E-state index contributed by atoms with van der Waals surface area (Å²) in [4.78, 5) is 27.1. The van der Waals surface area contributed by atoms with Crippen LogP contribution in [0, 0.1) is 0 Å². The number of aromatic amines is 1. The Bertz CT molecular complexity index is 803. The van der Waals surface area contributed by atoms with Crippen molar-refractivity contribution in [3.63, 3.8) is 0 Å². The van der Waals surface area contributed by atoms with E-state index in [1.807, 2.05) is 29.4 Å². The van der Waals surface area contributed by atoms with E-state index in [9.17, 15) is 4.79 Å². The lowest BCUT2D eigenvalue weighted by Gasteiger charge is -2.33. The molecular weight excluding hydrogens is 326 g/mol. The molecule has 4 rings (SSSR count). The number of nitrogens with zero attached hydrogens (tertiary/aromatic N) is 4. The molecule has 0 atom stereocenters. The van der Waals surface area contributed by atoms with E-state index in [1.165, 1.54) is 11.1 Å². The quantitative estimate of drug-likeness (QED) is 0.911. The molecule has 0 saturated carbocycles. The van der Waals surface area contributed by atoms with Crippen LogP contribution in [-0.2, 0) is 4.79 Å². The molecular formula is C20H27N5O. The van der Waals surface area contributed by atoms with Crippen LogP contribution in [0.3, 0.4) is 0 Å². The molecule has 0 bridgehead atoms. The maximum atomic E-state index is 12.6. The summed E-state index contributed by atoms with van der Waals surface area (Å²) in [6.07, 6.45) is 7.57. The third kappa shape index (κ3) is 3.66. The SMILES string of the molecule is CN1CCN(CCC(=O)N2CC=C(c3c[nH]c4cccnc34)CC2)CC1. The van der Waals surface area contributed by atoms with Crippen LogP contribution in [0.25, 0.3) is 16.6 Å². The molecule has 2 aliphatic rings. The van der Waals surface area contributed by atoms with Crippen molar-refractivity contribution in [1.82, 2.24) is 24.7 Å². The number of H-pyrrole nitrogens is 1. The fourth-order valence-corrected chi connectivity index (χ4v) is 3.82. The number of carbonyl (C=O) groups is 1. The van der Waals surface area contributed by atoms with Gasteiger partial charge in [-0.2, -0.15) is 0 Å². The molecule has 2 aliphatic heterocycles. The van der Waals surface area contributed by atoms with Gasteiger partial charge in [0.05, 0.1) is 11.0 Å². The lowest BCUT2D eigenvalue weighted by molar-refractivity contribution is -0.131. The van der Waals surface area contributed by atoms with Crippen LogP contribution in [0.1, 0.15) is 18.4 Å². The van der Waals surface area contributed by atoms with Crippen LogP contribution < -0.4 is 0 Å². The second-order valence-corrected chi connectivity index (χ2v) is 7.32. The molecule has 6 nitrogen and oxygen atoms in total. The normalized spacial score (nSPS) is 19.7. The number of amides is 1. The first kappa shape index (κ1) is 17.2. The molecule has 1 N–H and O–H groups in total. The number of likely N-dealkylation sites (N-methyl/N-ethyl adjacent to an activating group) is 1. The smallest absolute Gasteiger partial charge is 0.224 e. The number of fused-ring (bicyclic) bond motifs is 1. The molecule has 2 aromatic rings. The third-order valence-corrected chi connectivity index (χ3v) is 5.58. The van der Waals surface area contributed by atoms with E-state index in [0.29, 0.717) is 13.0 Å². The Morgan fingerprint density at radius 2 is 2.08 bits per heavy atom. The van der Waals surface area contributed by atoms with Crippen molar-refractivity contribution in [2.45, 2.75) is 12.8 Å². The monoisotopic (exact) mass is 353 g/mol. The van der Waals surface area contributed by atoms with Crippen LogP contribution in [0.4, 0.5) is 0 Å². The lowest BCUT2D eigenvalue weighted by atomic mass is 10.0. The van der Waals surface area contributed by atoms with Crippen molar-refractivity contribution in [3.05, 3.63) is 36.2 Å². The van der Waals surface area contributed by atoms with E-state index in [4.69, 9.17) is 0 Å². The number of piperazine rings is 1. The second-order valence-electron chi connectivity index (χ2n) is 7.32. The van der Waals surface area contributed by atoms with E-state index in [2.05, 4.69) is 32.9 Å². The molecule has 6 heteroatoms. The summed E-state index contributed by atoms with van der Waals surface area (Å²) in [6.45, 7) is 6.73. The van der Waals surface area contributed by atoms with Crippen LogP contribution in [-0.4, -0.2) is 83.4 Å². The summed E-state index contributed by atoms with van der Waals surface area (Å²) in [5.74, 6) is 0.274. The minimum Gasteiger partial charge on any atom is -0.359 e. The highest BCUT2D eigenvalue weighted by atomic mass is 16.2. The summed E-state index contributed by atoms with van der Waals surface area (Å²) in [7, 11) is 2.16. The van der Waals surface area contributed by atoms with Gasteiger partial charge in [-0.25, -0.2) is 0 Å². The van der Waals surface area contributed by atoms with Crippen LogP contribution in [0.2, 0.25) is 0 Å². The van der Waals surface area contributed by atoms with E-state index in [0.717, 1.165) is 56.7 Å². The molecule has 0 unspecified atom stereocenters. The van der Waals surface area contributed by atoms with E-state index < -0.39 is 0 Å². The average Bonchev–Trinajstić information content (AvgIpc) is 3.11. The highest BCUT2D eigenvalue weighted by Crippen LogP contribution is 2.27. The highest BCUT2D eigenvalue weighted by Gasteiger charge is 2.21. The number of hydrogen-bond acceptors (Lipinski definition) is 4. The number of nitrogens with one attached hydrogen (secondary N) is 1. The molecule has 1 fully saturated rings. The van der Waals surface area contributed by atoms with Gasteiger partial charge in [0.1, 0.15) is 0 Å². The number of pyridine rings is 1. The number of rotatable bonds is 4. The number of aromatic nitrogens is 2. The number of hydrogen-bond donors (Lipinski definition) is 1. The van der Waals surface area contributed by atoms with E-state index >= 15 is 0 Å². The van der Waals surface area contributed by atoms with Crippen molar-refractivity contribution >= 4 is 22.5 Å². The maximum absolute atomic E-state index is 12.6. The maximum Gasteiger partial charge on any atom is 0.224 e. The largest absolute Gasteiger partial charge is 0.359 e. The van der Waals surface area contributed by atoms with Crippen molar-refractivity contribution in [1.29, 1.82) is 0 Å². The minimum atomic E-state index is 0.274. The van der Waals surface area contributed by atoms with Crippen LogP contribution >= 0.6 is 0 Å². The molecule has 0 aliphatic carbocycles. The van der Waals surface area contributed by atoms with Crippen molar-refractivity contribution in [2.75, 3.05) is 52.9 Å². The molecule has 26 heavy (non-hydrogen) atoms. The Labute approximate surface area is 154 Å². The van der Waals surface area contributed by atoms with Gasteiger partial charge in [-0.05, 0) is 31.2 Å². The minimum absolute atomic E-state index is 0.274. The van der Waals surface area contributed by atoms with E-state index in [1.54, 1.807) is 0 Å². The molecule has 0 radical (unpaired) electrons. The summed E-state index contributed by atoms with van der Waals surface area (Å²) in [5.41, 5.74) is 4.55. The first-order valence-electron chi connectivity index (χ1n) is 9.51. The molecule has 138 valence electrons. The zero-order valence-electron chi connectivity index (χ0n) is 15.4.